The molecule has 0 bridgehead atoms. The van der Waals surface area contributed by atoms with Gasteiger partial charge >= 0.3 is 6.18 Å². The average molecular weight is 281 g/mol. The Labute approximate surface area is 113 Å². The number of rotatable bonds is 3. The van der Waals surface area contributed by atoms with Gasteiger partial charge in [0.15, 0.2) is 0 Å². The fourth-order valence-electron chi connectivity index (χ4n) is 2.04. The van der Waals surface area contributed by atoms with E-state index in [-0.39, 0.29) is 17.8 Å². The molecule has 1 heterocycles. The largest absolute Gasteiger partial charge is 0.416 e. The Morgan fingerprint density at radius 3 is 2.55 bits per heavy atom. The van der Waals surface area contributed by atoms with Gasteiger partial charge in [-0.1, -0.05) is 0 Å². The topological polar surface area (TPSA) is 37.4 Å². The van der Waals surface area contributed by atoms with Gasteiger partial charge in [0.2, 0.25) is 0 Å². The summed E-state index contributed by atoms with van der Waals surface area (Å²) in [7, 11) is 0. The van der Waals surface area contributed by atoms with Crippen LogP contribution in [-0.2, 0) is 11.0 Å². The molecule has 1 aliphatic rings. The molecule has 2 rings (SSSR count). The molecular formula is C14H10F3NO2. The molecule has 0 radical (unpaired) electrons. The van der Waals surface area contributed by atoms with Crippen molar-refractivity contribution < 1.29 is 22.8 Å². The van der Waals surface area contributed by atoms with Crippen LogP contribution in [0.1, 0.15) is 28.8 Å². The van der Waals surface area contributed by atoms with Crippen molar-refractivity contribution in [2.24, 2.45) is 0 Å². The summed E-state index contributed by atoms with van der Waals surface area (Å²) in [5.41, 5.74) is -0.932. The highest BCUT2D eigenvalue weighted by atomic mass is 19.4. The molecule has 1 aliphatic heterocycles. The number of unbranched alkanes of at least 4 members (excludes halogenated alkanes) is 1. The Kier molecular flexibility index (Phi) is 3.53. The predicted molar refractivity (Wildman–Crippen MR) is 66.2 cm³/mol. The number of carbonyl (C=O) groups excluding carboxylic acids is 2. The molecule has 104 valence electrons. The lowest BCUT2D eigenvalue weighted by atomic mass is 10.1. The Hall–Kier alpha value is -2.29. The number of alkyl halides is 3. The molecule has 6 heteroatoms. The normalized spacial score (nSPS) is 14.4. The molecular weight excluding hydrogens is 271 g/mol. The van der Waals surface area contributed by atoms with Gasteiger partial charge in [0.25, 0.3) is 11.7 Å². The number of nitrogens with zero attached hydrogens (tertiary/aromatic N) is 1. The molecule has 0 N–H and O–H groups in total. The number of hydrogen-bond acceptors (Lipinski definition) is 2. The van der Waals surface area contributed by atoms with Crippen molar-refractivity contribution in [3.8, 4) is 12.3 Å². The van der Waals surface area contributed by atoms with Gasteiger partial charge in [-0.3, -0.25) is 9.59 Å². The van der Waals surface area contributed by atoms with Crippen molar-refractivity contribution in [3.63, 3.8) is 0 Å². The summed E-state index contributed by atoms with van der Waals surface area (Å²) >= 11 is 0. The van der Waals surface area contributed by atoms with Crippen LogP contribution in [0.15, 0.2) is 18.2 Å². The van der Waals surface area contributed by atoms with E-state index in [0.717, 1.165) is 18.2 Å². The Morgan fingerprint density at radius 2 is 1.95 bits per heavy atom. The van der Waals surface area contributed by atoms with E-state index in [1.54, 1.807) is 0 Å². The molecule has 20 heavy (non-hydrogen) atoms. The summed E-state index contributed by atoms with van der Waals surface area (Å²) in [5.74, 6) is 0.680. The first kappa shape index (κ1) is 14.1. The maximum absolute atomic E-state index is 12.6. The lowest BCUT2D eigenvalue weighted by Crippen LogP contribution is -2.30. The summed E-state index contributed by atoms with van der Waals surface area (Å²) in [4.78, 5) is 24.7. The van der Waals surface area contributed by atoms with Crippen LogP contribution >= 0.6 is 0 Å². The first-order chi connectivity index (χ1) is 9.36. The standard InChI is InChI=1S/C14H10F3NO2/c1-2-3-4-7-18-11-6-5-9(14(15,16)17)8-10(11)12(19)13(18)20/h1,5-6,8H,3-4,7H2. The van der Waals surface area contributed by atoms with Gasteiger partial charge in [-0.05, 0) is 24.6 Å². The molecule has 3 nitrogen and oxygen atoms in total. The summed E-state index contributed by atoms with van der Waals surface area (Å²) in [6, 6.07) is 2.73. The van der Waals surface area contributed by atoms with Gasteiger partial charge in [0, 0.05) is 13.0 Å². The highest BCUT2D eigenvalue weighted by Crippen LogP contribution is 2.36. The van der Waals surface area contributed by atoms with Crippen molar-refractivity contribution >= 4 is 17.4 Å². The highest BCUT2D eigenvalue weighted by molar-refractivity contribution is 6.52. The number of ketones is 1. The lowest BCUT2D eigenvalue weighted by Gasteiger charge is -2.16. The monoisotopic (exact) mass is 281 g/mol. The van der Waals surface area contributed by atoms with Crippen LogP contribution in [0.2, 0.25) is 0 Å². The number of fused-ring (bicyclic) bond motifs is 1. The third kappa shape index (κ3) is 2.39. The SMILES string of the molecule is C#CCCCN1C(=O)C(=O)c2cc(C(F)(F)F)ccc21. The number of hydrogen-bond donors (Lipinski definition) is 0. The molecule has 1 aromatic rings. The van der Waals surface area contributed by atoms with E-state index >= 15 is 0 Å². The average Bonchev–Trinajstić information content (AvgIpc) is 2.63. The molecule has 0 atom stereocenters. The van der Waals surface area contributed by atoms with Crippen molar-refractivity contribution in [1.82, 2.24) is 0 Å². The number of halogens is 3. The maximum atomic E-state index is 12.6. The van der Waals surface area contributed by atoms with E-state index < -0.39 is 23.4 Å². The molecule has 0 saturated heterocycles. The number of terminal acetylenes is 1. The lowest BCUT2D eigenvalue weighted by molar-refractivity contribution is -0.137. The Bertz CT molecular complexity index is 614. The van der Waals surface area contributed by atoms with Crippen molar-refractivity contribution in [3.05, 3.63) is 29.3 Å². The van der Waals surface area contributed by atoms with Gasteiger partial charge in [0.05, 0.1) is 16.8 Å². The smallest absolute Gasteiger partial charge is 0.305 e. The van der Waals surface area contributed by atoms with E-state index in [4.69, 9.17) is 6.42 Å². The van der Waals surface area contributed by atoms with Crippen LogP contribution in [0.5, 0.6) is 0 Å². The zero-order valence-corrected chi connectivity index (χ0v) is 10.3. The highest BCUT2D eigenvalue weighted by Gasteiger charge is 2.38. The number of amides is 1. The first-order valence-corrected chi connectivity index (χ1v) is 5.87. The minimum atomic E-state index is -4.55. The Morgan fingerprint density at radius 1 is 1.25 bits per heavy atom. The molecule has 0 aromatic heterocycles. The van der Waals surface area contributed by atoms with Crippen molar-refractivity contribution in [1.29, 1.82) is 0 Å². The van der Waals surface area contributed by atoms with Crippen molar-refractivity contribution in [2.75, 3.05) is 11.4 Å². The molecule has 0 saturated carbocycles. The van der Waals surface area contributed by atoms with Crippen molar-refractivity contribution in [2.45, 2.75) is 19.0 Å². The zero-order chi connectivity index (χ0) is 14.9. The van der Waals surface area contributed by atoms with E-state index in [2.05, 4.69) is 5.92 Å². The molecule has 0 aliphatic carbocycles. The molecule has 0 spiro atoms. The molecule has 0 unspecified atom stereocenters. The fourth-order valence-corrected chi connectivity index (χ4v) is 2.04. The summed E-state index contributed by atoms with van der Waals surface area (Å²) < 4.78 is 37.8. The zero-order valence-electron chi connectivity index (χ0n) is 10.3. The third-order valence-corrected chi connectivity index (χ3v) is 3.00. The van der Waals surface area contributed by atoms with Crippen LogP contribution in [0.25, 0.3) is 0 Å². The van der Waals surface area contributed by atoms with Gasteiger partial charge in [0.1, 0.15) is 0 Å². The quantitative estimate of drug-likeness (QED) is 0.485. The second-order valence-electron chi connectivity index (χ2n) is 4.32. The van der Waals surface area contributed by atoms with Gasteiger partial charge in [-0.25, -0.2) is 0 Å². The van der Waals surface area contributed by atoms with Gasteiger partial charge in [-0.2, -0.15) is 13.2 Å². The minimum Gasteiger partial charge on any atom is -0.305 e. The minimum absolute atomic E-state index is 0.203. The van der Waals surface area contributed by atoms with Crippen LogP contribution in [-0.4, -0.2) is 18.2 Å². The molecule has 0 fully saturated rings. The summed E-state index contributed by atoms with van der Waals surface area (Å²) in [5, 5.41) is 0. The van der Waals surface area contributed by atoms with Crippen LogP contribution in [0.4, 0.5) is 18.9 Å². The first-order valence-electron chi connectivity index (χ1n) is 5.87. The number of carbonyl (C=O) groups is 2. The predicted octanol–water partition coefficient (Wildman–Crippen LogP) is 2.65. The molecule has 1 aromatic carbocycles. The maximum Gasteiger partial charge on any atom is 0.416 e. The summed E-state index contributed by atoms with van der Waals surface area (Å²) in [6.45, 7) is 0.215. The van der Waals surface area contributed by atoms with Crippen LogP contribution in [0.3, 0.4) is 0 Å². The van der Waals surface area contributed by atoms with Gasteiger partial charge < -0.3 is 4.90 Å². The second-order valence-corrected chi connectivity index (χ2v) is 4.32. The van der Waals surface area contributed by atoms with E-state index in [1.807, 2.05) is 0 Å². The van der Waals surface area contributed by atoms with Crippen LogP contribution < -0.4 is 4.90 Å². The number of Topliss-reactive ketones (excluding diaryl/α,β-unsaturated/α-hetero) is 1. The molecule has 1 amide bonds. The fraction of sp³-hybridized carbons (Fsp3) is 0.286. The summed E-state index contributed by atoms with van der Waals surface area (Å²) in [6.07, 6.45) is 1.45. The third-order valence-electron chi connectivity index (χ3n) is 3.00. The van der Waals surface area contributed by atoms with E-state index in [1.165, 1.54) is 4.90 Å². The van der Waals surface area contributed by atoms with E-state index in [0.29, 0.717) is 12.8 Å². The Balaban J connectivity index is 2.35. The van der Waals surface area contributed by atoms with Gasteiger partial charge in [-0.15, -0.1) is 12.3 Å². The van der Waals surface area contributed by atoms with E-state index in [9.17, 15) is 22.8 Å². The second kappa shape index (κ2) is 5.00. The number of benzene rings is 1. The van der Waals surface area contributed by atoms with Crippen LogP contribution in [0, 0.1) is 12.3 Å². The number of anilines is 1.